The molecule has 1 aliphatic heterocycles. The number of phenolic OH excluding ortho intramolecular Hbond substituents is 1. The van der Waals surface area contributed by atoms with Gasteiger partial charge >= 0.3 is 5.69 Å². The fourth-order valence-electron chi connectivity index (χ4n) is 4.07. The number of aromatic nitrogens is 2. The highest BCUT2D eigenvalue weighted by atomic mass is 16.5. The summed E-state index contributed by atoms with van der Waals surface area (Å²) >= 11 is 0. The first-order chi connectivity index (χ1) is 16.5. The van der Waals surface area contributed by atoms with Crippen molar-refractivity contribution in [3.63, 3.8) is 0 Å². The molecule has 0 spiro atoms. The fraction of sp³-hybridized carbons (Fsp3) is 0.346. The van der Waals surface area contributed by atoms with E-state index in [9.17, 15) is 14.7 Å². The number of nitrogens with zero attached hydrogens (tertiary/aromatic N) is 2. The highest BCUT2D eigenvalue weighted by Crippen LogP contribution is 2.27. The van der Waals surface area contributed by atoms with E-state index in [1.807, 2.05) is 6.07 Å². The summed E-state index contributed by atoms with van der Waals surface area (Å²) in [7, 11) is 0. The van der Waals surface area contributed by atoms with Crippen molar-refractivity contribution in [3.05, 3.63) is 64.6 Å². The summed E-state index contributed by atoms with van der Waals surface area (Å²) in [4.78, 5) is 33.6. The van der Waals surface area contributed by atoms with E-state index < -0.39 is 5.69 Å². The normalized spacial score (nSPS) is 13.7. The van der Waals surface area contributed by atoms with Gasteiger partial charge in [-0.15, -0.1) is 0 Å². The number of nitrogens with one attached hydrogen (secondary N) is 2. The van der Waals surface area contributed by atoms with Crippen molar-refractivity contribution in [2.75, 3.05) is 32.8 Å². The Morgan fingerprint density at radius 1 is 1.15 bits per heavy atom. The van der Waals surface area contributed by atoms with Crippen molar-refractivity contribution in [2.45, 2.75) is 26.2 Å². The largest absolute Gasteiger partial charge is 0.508 e. The van der Waals surface area contributed by atoms with E-state index in [1.165, 1.54) is 12.8 Å². The Balaban J connectivity index is 1.37. The van der Waals surface area contributed by atoms with Gasteiger partial charge in [0, 0.05) is 12.1 Å². The maximum absolute atomic E-state index is 12.2. The van der Waals surface area contributed by atoms with Gasteiger partial charge in [-0.3, -0.25) is 4.79 Å². The quantitative estimate of drug-likeness (QED) is 0.422. The summed E-state index contributed by atoms with van der Waals surface area (Å²) in [5, 5.41) is 12.7. The molecule has 0 bridgehead atoms. The van der Waals surface area contributed by atoms with Crippen molar-refractivity contribution in [2.24, 2.45) is 0 Å². The van der Waals surface area contributed by atoms with Crippen LogP contribution in [0.3, 0.4) is 0 Å². The Hall–Kier alpha value is -3.65. The number of aromatic hydroxyl groups is 1. The van der Waals surface area contributed by atoms with E-state index in [0.717, 1.165) is 31.6 Å². The number of amides is 1. The summed E-state index contributed by atoms with van der Waals surface area (Å²) in [6.45, 7) is 5.68. The molecule has 0 saturated carbocycles. The van der Waals surface area contributed by atoms with Gasteiger partial charge < -0.3 is 25.0 Å². The minimum absolute atomic E-state index is 0.0754. The van der Waals surface area contributed by atoms with E-state index >= 15 is 0 Å². The van der Waals surface area contributed by atoms with Gasteiger partial charge in [0.1, 0.15) is 11.5 Å². The summed E-state index contributed by atoms with van der Waals surface area (Å²) in [6, 6.07) is 14.1. The molecule has 0 aliphatic carbocycles. The monoisotopic (exact) mass is 462 g/mol. The van der Waals surface area contributed by atoms with E-state index in [4.69, 9.17) is 4.74 Å². The number of aromatic amines is 1. The number of phenols is 1. The van der Waals surface area contributed by atoms with Crippen LogP contribution in [0.1, 0.15) is 24.8 Å². The lowest BCUT2D eigenvalue weighted by atomic mass is 10.1. The first-order valence-corrected chi connectivity index (χ1v) is 11.6. The van der Waals surface area contributed by atoms with E-state index in [1.54, 1.807) is 49.4 Å². The van der Waals surface area contributed by atoms with Crippen LogP contribution in [0.2, 0.25) is 0 Å². The Bertz CT molecular complexity index is 1200. The molecular formula is C26H30N4O4. The van der Waals surface area contributed by atoms with Crippen LogP contribution in [-0.4, -0.2) is 58.7 Å². The number of aryl methyl sites for hydroxylation is 1. The molecule has 1 amide bonds. The fourth-order valence-corrected chi connectivity index (χ4v) is 4.07. The van der Waals surface area contributed by atoms with Gasteiger partial charge in [-0.05, 0) is 93.3 Å². The molecule has 1 saturated heterocycles. The van der Waals surface area contributed by atoms with Gasteiger partial charge in [-0.1, -0.05) is 12.1 Å². The molecule has 8 nitrogen and oxygen atoms in total. The third kappa shape index (κ3) is 6.23. The maximum atomic E-state index is 12.2. The minimum atomic E-state index is -0.474. The number of hydrogen-bond acceptors (Lipinski definition) is 6. The van der Waals surface area contributed by atoms with Crippen molar-refractivity contribution in [1.29, 1.82) is 0 Å². The van der Waals surface area contributed by atoms with Crippen molar-refractivity contribution in [1.82, 2.24) is 20.2 Å². The average Bonchev–Trinajstić information content (AvgIpc) is 3.36. The molecule has 4 rings (SSSR count). The van der Waals surface area contributed by atoms with Crippen LogP contribution in [-0.2, 0) is 4.79 Å². The molecule has 2 aromatic carbocycles. The molecular weight excluding hydrogens is 432 g/mol. The van der Waals surface area contributed by atoms with Crippen LogP contribution in [0.5, 0.6) is 11.5 Å². The molecule has 8 heteroatoms. The first-order valence-electron chi connectivity index (χ1n) is 11.6. The van der Waals surface area contributed by atoms with Crippen LogP contribution in [0, 0.1) is 6.92 Å². The molecule has 178 valence electrons. The second-order valence-electron chi connectivity index (χ2n) is 8.56. The van der Waals surface area contributed by atoms with Gasteiger partial charge in [0.05, 0.1) is 11.4 Å². The van der Waals surface area contributed by atoms with Gasteiger partial charge in [0.25, 0.3) is 5.91 Å². The number of ether oxygens (including phenoxy) is 1. The molecule has 3 aromatic rings. The lowest BCUT2D eigenvalue weighted by molar-refractivity contribution is -0.123. The molecule has 0 unspecified atom stereocenters. The zero-order valence-electron chi connectivity index (χ0n) is 19.3. The van der Waals surface area contributed by atoms with Gasteiger partial charge in [0.15, 0.2) is 6.61 Å². The van der Waals surface area contributed by atoms with Gasteiger partial charge in [0.2, 0.25) is 0 Å². The number of H-pyrrole nitrogens is 1. The standard InChI is InChI=1S/C26H30N4O4/c1-18-14-20(8-9-24(18)31)23-16-22(28-26(33)29-23)19-6-4-7-21(15-19)34-17-25(32)27-10-5-13-30-11-2-3-12-30/h4,6-9,14-16,31H,2-3,5,10-13,17H2,1H3,(H,27,32)(H,28,29,33). The summed E-state index contributed by atoms with van der Waals surface area (Å²) in [6.07, 6.45) is 3.46. The molecule has 0 radical (unpaired) electrons. The van der Waals surface area contributed by atoms with Crippen LogP contribution >= 0.6 is 0 Å². The average molecular weight is 463 g/mol. The predicted molar refractivity (Wildman–Crippen MR) is 131 cm³/mol. The zero-order valence-corrected chi connectivity index (χ0v) is 19.3. The number of likely N-dealkylation sites (tertiary alicyclic amines) is 1. The van der Waals surface area contributed by atoms with Gasteiger partial charge in [-0.25, -0.2) is 4.79 Å². The van der Waals surface area contributed by atoms with Crippen molar-refractivity contribution >= 4 is 5.91 Å². The molecule has 1 fully saturated rings. The highest BCUT2D eigenvalue weighted by Gasteiger charge is 2.11. The third-order valence-electron chi connectivity index (χ3n) is 5.92. The van der Waals surface area contributed by atoms with Crippen LogP contribution in [0.25, 0.3) is 22.5 Å². The second kappa shape index (κ2) is 11.0. The Kier molecular flexibility index (Phi) is 7.59. The number of rotatable bonds is 9. The first kappa shape index (κ1) is 23.5. The number of hydrogen-bond donors (Lipinski definition) is 3. The molecule has 34 heavy (non-hydrogen) atoms. The highest BCUT2D eigenvalue weighted by molar-refractivity contribution is 5.77. The topological polar surface area (TPSA) is 108 Å². The number of carbonyl (C=O) groups excluding carboxylic acids is 1. The number of carbonyl (C=O) groups is 1. The zero-order chi connectivity index (χ0) is 23.9. The van der Waals surface area contributed by atoms with E-state index in [-0.39, 0.29) is 18.3 Å². The van der Waals surface area contributed by atoms with Crippen LogP contribution in [0.15, 0.2) is 53.3 Å². The maximum Gasteiger partial charge on any atom is 0.345 e. The summed E-state index contributed by atoms with van der Waals surface area (Å²) in [5.74, 6) is 0.556. The Labute approximate surface area is 198 Å². The van der Waals surface area contributed by atoms with E-state index in [0.29, 0.717) is 34.8 Å². The van der Waals surface area contributed by atoms with E-state index in [2.05, 4.69) is 20.2 Å². The SMILES string of the molecule is Cc1cc(-c2cc(-c3cccc(OCC(=O)NCCCN4CCCC4)c3)nc(=O)[nH]2)ccc1O. The smallest absolute Gasteiger partial charge is 0.345 e. The third-order valence-corrected chi connectivity index (χ3v) is 5.92. The minimum Gasteiger partial charge on any atom is -0.508 e. The molecule has 3 N–H and O–H groups in total. The predicted octanol–water partition coefficient (Wildman–Crippen LogP) is 3.10. The molecule has 2 heterocycles. The van der Waals surface area contributed by atoms with Crippen LogP contribution < -0.4 is 15.7 Å². The summed E-state index contributed by atoms with van der Waals surface area (Å²) < 4.78 is 5.67. The summed E-state index contributed by atoms with van der Waals surface area (Å²) in [5.41, 5.74) is 2.79. The molecule has 0 atom stereocenters. The molecule has 1 aliphatic rings. The van der Waals surface area contributed by atoms with Crippen LogP contribution in [0.4, 0.5) is 0 Å². The van der Waals surface area contributed by atoms with Crippen molar-refractivity contribution < 1.29 is 14.6 Å². The van der Waals surface area contributed by atoms with Crippen molar-refractivity contribution in [3.8, 4) is 34.0 Å². The number of benzene rings is 2. The Morgan fingerprint density at radius 2 is 1.97 bits per heavy atom. The molecule has 1 aromatic heterocycles. The Morgan fingerprint density at radius 3 is 2.76 bits per heavy atom. The second-order valence-corrected chi connectivity index (χ2v) is 8.56. The van der Waals surface area contributed by atoms with Gasteiger partial charge in [-0.2, -0.15) is 4.98 Å². The lowest BCUT2D eigenvalue weighted by Crippen LogP contribution is -2.32. The lowest BCUT2D eigenvalue weighted by Gasteiger charge is -2.14.